The number of benzene rings is 1. The Morgan fingerprint density at radius 2 is 2.29 bits per heavy atom. The van der Waals surface area contributed by atoms with Gasteiger partial charge in [0.15, 0.2) is 0 Å². The van der Waals surface area contributed by atoms with Crippen molar-refractivity contribution in [3.63, 3.8) is 0 Å². The quantitative estimate of drug-likeness (QED) is 0.543. The SMILES string of the molecule is CCCNCc1nc(COc2cc(F)c(Cl)cc2Br)cs1. The van der Waals surface area contributed by atoms with Crippen LogP contribution in [0, 0.1) is 5.82 Å². The van der Waals surface area contributed by atoms with Crippen molar-refractivity contribution in [2.75, 3.05) is 6.54 Å². The Bertz CT molecular complexity index is 609. The lowest BCUT2D eigenvalue weighted by atomic mass is 10.3. The predicted octanol–water partition coefficient (Wildman–Crippen LogP) is 4.78. The minimum Gasteiger partial charge on any atom is -0.486 e. The molecule has 0 atom stereocenters. The maximum atomic E-state index is 13.4. The molecule has 21 heavy (non-hydrogen) atoms. The molecular formula is C14H15BrClFN2OS. The molecule has 1 heterocycles. The zero-order valence-electron chi connectivity index (χ0n) is 11.5. The fourth-order valence-corrected chi connectivity index (χ4v) is 3.14. The van der Waals surface area contributed by atoms with Gasteiger partial charge >= 0.3 is 0 Å². The first-order valence-corrected chi connectivity index (χ1v) is 8.56. The third-order valence-electron chi connectivity index (χ3n) is 2.65. The van der Waals surface area contributed by atoms with E-state index < -0.39 is 5.82 Å². The molecular weight excluding hydrogens is 379 g/mol. The lowest BCUT2D eigenvalue weighted by molar-refractivity contribution is 0.298. The predicted molar refractivity (Wildman–Crippen MR) is 87.6 cm³/mol. The van der Waals surface area contributed by atoms with Gasteiger partial charge < -0.3 is 10.1 Å². The molecule has 0 unspecified atom stereocenters. The molecule has 0 spiro atoms. The van der Waals surface area contributed by atoms with E-state index in [9.17, 15) is 4.39 Å². The summed E-state index contributed by atoms with van der Waals surface area (Å²) in [6.07, 6.45) is 1.09. The van der Waals surface area contributed by atoms with Gasteiger partial charge in [-0.05, 0) is 35.0 Å². The highest BCUT2D eigenvalue weighted by Crippen LogP contribution is 2.31. The molecule has 2 aromatic rings. The molecule has 0 aliphatic carbocycles. The zero-order chi connectivity index (χ0) is 15.2. The molecule has 0 fully saturated rings. The molecule has 0 bridgehead atoms. The fraction of sp³-hybridized carbons (Fsp3) is 0.357. The van der Waals surface area contributed by atoms with E-state index in [4.69, 9.17) is 16.3 Å². The number of nitrogens with zero attached hydrogens (tertiary/aromatic N) is 1. The van der Waals surface area contributed by atoms with E-state index in [1.165, 1.54) is 12.1 Å². The normalized spacial score (nSPS) is 10.9. The molecule has 0 radical (unpaired) electrons. The molecule has 0 amide bonds. The minimum absolute atomic E-state index is 0.0622. The smallest absolute Gasteiger partial charge is 0.145 e. The van der Waals surface area contributed by atoms with Gasteiger partial charge in [0, 0.05) is 18.0 Å². The molecule has 0 saturated heterocycles. The average molecular weight is 394 g/mol. The van der Waals surface area contributed by atoms with Crippen LogP contribution in [-0.2, 0) is 13.2 Å². The Morgan fingerprint density at radius 3 is 3.05 bits per heavy atom. The van der Waals surface area contributed by atoms with Crippen molar-refractivity contribution in [2.45, 2.75) is 26.5 Å². The Kier molecular flexibility index (Phi) is 6.41. The van der Waals surface area contributed by atoms with Gasteiger partial charge in [0.25, 0.3) is 0 Å². The van der Waals surface area contributed by atoms with Gasteiger partial charge in [-0.15, -0.1) is 11.3 Å². The van der Waals surface area contributed by atoms with E-state index >= 15 is 0 Å². The second-order valence-corrected chi connectivity index (χ2v) is 6.60. The second kappa shape index (κ2) is 8.08. The lowest BCUT2D eigenvalue weighted by Gasteiger charge is -2.07. The molecule has 0 aliphatic heterocycles. The third kappa shape index (κ3) is 4.92. The molecule has 2 rings (SSSR count). The van der Waals surface area contributed by atoms with Crippen molar-refractivity contribution in [1.82, 2.24) is 10.3 Å². The van der Waals surface area contributed by atoms with Gasteiger partial charge in [0.2, 0.25) is 0 Å². The van der Waals surface area contributed by atoms with E-state index in [-0.39, 0.29) is 5.02 Å². The van der Waals surface area contributed by atoms with E-state index in [1.54, 1.807) is 11.3 Å². The van der Waals surface area contributed by atoms with E-state index in [0.29, 0.717) is 16.8 Å². The number of aromatic nitrogens is 1. The molecule has 1 aromatic carbocycles. The monoisotopic (exact) mass is 392 g/mol. The Balaban J connectivity index is 1.92. The van der Waals surface area contributed by atoms with Crippen LogP contribution in [0.3, 0.4) is 0 Å². The summed E-state index contributed by atoms with van der Waals surface area (Å²) in [5.41, 5.74) is 0.829. The molecule has 114 valence electrons. The topological polar surface area (TPSA) is 34.2 Å². The van der Waals surface area contributed by atoms with Crippen LogP contribution >= 0.6 is 38.9 Å². The lowest BCUT2D eigenvalue weighted by Crippen LogP contribution is -2.13. The molecule has 3 nitrogen and oxygen atoms in total. The van der Waals surface area contributed by atoms with Gasteiger partial charge in [-0.2, -0.15) is 0 Å². The van der Waals surface area contributed by atoms with Crippen molar-refractivity contribution in [3.8, 4) is 5.75 Å². The Labute approximate surface area is 140 Å². The second-order valence-electron chi connectivity index (χ2n) is 4.39. The molecule has 1 aromatic heterocycles. The summed E-state index contributed by atoms with van der Waals surface area (Å²) in [4.78, 5) is 4.46. The van der Waals surface area contributed by atoms with Crippen LogP contribution in [0.4, 0.5) is 4.39 Å². The first-order chi connectivity index (χ1) is 10.1. The molecule has 7 heteroatoms. The van der Waals surface area contributed by atoms with Crippen LogP contribution in [0.2, 0.25) is 5.02 Å². The van der Waals surface area contributed by atoms with Crippen molar-refractivity contribution in [3.05, 3.63) is 43.5 Å². The highest BCUT2D eigenvalue weighted by molar-refractivity contribution is 9.10. The Hall–Kier alpha value is -0.690. The van der Waals surface area contributed by atoms with Gasteiger partial charge in [0.05, 0.1) is 15.2 Å². The van der Waals surface area contributed by atoms with E-state index in [1.807, 2.05) is 5.38 Å². The van der Waals surface area contributed by atoms with Crippen molar-refractivity contribution in [2.24, 2.45) is 0 Å². The Morgan fingerprint density at radius 1 is 1.48 bits per heavy atom. The van der Waals surface area contributed by atoms with Crippen molar-refractivity contribution >= 4 is 38.9 Å². The van der Waals surface area contributed by atoms with Crippen LogP contribution in [0.15, 0.2) is 22.0 Å². The maximum Gasteiger partial charge on any atom is 0.145 e. The minimum atomic E-state index is -0.502. The van der Waals surface area contributed by atoms with E-state index in [2.05, 4.69) is 33.2 Å². The van der Waals surface area contributed by atoms with Gasteiger partial charge in [-0.3, -0.25) is 0 Å². The van der Waals surface area contributed by atoms with Gasteiger partial charge in [-0.1, -0.05) is 18.5 Å². The van der Waals surface area contributed by atoms with Crippen molar-refractivity contribution < 1.29 is 9.13 Å². The summed E-state index contributed by atoms with van der Waals surface area (Å²) < 4.78 is 19.6. The molecule has 0 aliphatic rings. The van der Waals surface area contributed by atoms with Crippen LogP contribution in [0.5, 0.6) is 5.75 Å². The zero-order valence-corrected chi connectivity index (χ0v) is 14.6. The van der Waals surface area contributed by atoms with Crippen molar-refractivity contribution in [1.29, 1.82) is 0 Å². The van der Waals surface area contributed by atoms with Gasteiger partial charge in [0.1, 0.15) is 23.2 Å². The number of hydrogen-bond donors (Lipinski definition) is 1. The van der Waals surface area contributed by atoms with Crippen LogP contribution < -0.4 is 10.1 Å². The average Bonchev–Trinajstić information content (AvgIpc) is 2.90. The van der Waals surface area contributed by atoms with Crippen LogP contribution in [-0.4, -0.2) is 11.5 Å². The number of thiazole rings is 1. The summed E-state index contributed by atoms with van der Waals surface area (Å²) in [6, 6.07) is 2.75. The fourth-order valence-electron chi connectivity index (χ4n) is 1.64. The summed E-state index contributed by atoms with van der Waals surface area (Å²) in [6.45, 7) is 4.15. The van der Waals surface area contributed by atoms with E-state index in [0.717, 1.165) is 30.2 Å². The summed E-state index contributed by atoms with van der Waals surface area (Å²) in [5, 5.41) is 6.32. The third-order valence-corrected chi connectivity index (χ3v) is 4.46. The van der Waals surface area contributed by atoms with Gasteiger partial charge in [-0.25, -0.2) is 9.37 Å². The number of rotatable bonds is 7. The summed E-state index contributed by atoms with van der Waals surface area (Å²) >= 11 is 10.6. The summed E-state index contributed by atoms with van der Waals surface area (Å²) in [5.74, 6) is -0.0897. The highest BCUT2D eigenvalue weighted by Gasteiger charge is 2.09. The maximum absolute atomic E-state index is 13.4. The number of halogens is 3. The molecule has 0 saturated carbocycles. The highest BCUT2D eigenvalue weighted by atomic mass is 79.9. The largest absolute Gasteiger partial charge is 0.486 e. The summed E-state index contributed by atoms with van der Waals surface area (Å²) in [7, 11) is 0. The standard InChI is InChI=1S/C14H15BrClFN2OS/c1-2-3-18-6-14-19-9(8-21-14)7-20-13-5-12(17)11(16)4-10(13)15/h4-5,8,18H,2-3,6-7H2,1H3. The molecule has 1 N–H and O–H groups in total. The number of ether oxygens (including phenoxy) is 1. The van der Waals surface area contributed by atoms with Crippen LogP contribution in [0.1, 0.15) is 24.0 Å². The van der Waals surface area contributed by atoms with Crippen LogP contribution in [0.25, 0.3) is 0 Å². The first kappa shape index (κ1) is 16.7. The number of nitrogens with one attached hydrogen (secondary N) is 1. The number of hydrogen-bond acceptors (Lipinski definition) is 4. The first-order valence-electron chi connectivity index (χ1n) is 6.51.